The predicted octanol–water partition coefficient (Wildman–Crippen LogP) is 3.28. The van der Waals surface area contributed by atoms with Crippen molar-refractivity contribution < 1.29 is 19.1 Å². The molecule has 0 saturated carbocycles. The van der Waals surface area contributed by atoms with Crippen molar-refractivity contribution in [3.63, 3.8) is 0 Å². The Morgan fingerprint density at radius 3 is 2.50 bits per heavy atom. The Labute approximate surface area is 144 Å². The van der Waals surface area contributed by atoms with E-state index in [1.807, 2.05) is 19.9 Å². The fourth-order valence-corrected chi connectivity index (χ4v) is 2.54. The van der Waals surface area contributed by atoms with Gasteiger partial charge in [-0.1, -0.05) is 17.7 Å². The van der Waals surface area contributed by atoms with Crippen molar-refractivity contribution in [2.75, 3.05) is 11.9 Å². The van der Waals surface area contributed by atoms with Gasteiger partial charge in [-0.15, -0.1) is 0 Å². The number of halogens is 1. The van der Waals surface area contributed by atoms with Crippen LogP contribution in [0.5, 0.6) is 0 Å². The maximum atomic E-state index is 11.9. The molecular weight excluding hydrogens is 332 g/mol. The lowest BCUT2D eigenvalue weighted by Gasteiger charge is -2.11. The van der Waals surface area contributed by atoms with E-state index >= 15 is 0 Å². The van der Waals surface area contributed by atoms with E-state index in [2.05, 4.69) is 10.3 Å². The summed E-state index contributed by atoms with van der Waals surface area (Å²) in [6, 6.07) is 5.00. The number of aryl methyl sites for hydroxylation is 2. The van der Waals surface area contributed by atoms with Gasteiger partial charge in [0.1, 0.15) is 5.69 Å². The van der Waals surface area contributed by atoms with Crippen molar-refractivity contribution in [1.29, 1.82) is 0 Å². The maximum absolute atomic E-state index is 11.9. The maximum Gasteiger partial charge on any atom is 0.355 e. The Bertz CT molecular complexity index is 788. The molecule has 0 spiro atoms. The zero-order chi connectivity index (χ0) is 17.9. The lowest BCUT2D eigenvalue weighted by Crippen LogP contribution is -2.21. The fraction of sp³-hybridized carbons (Fsp3) is 0.235. The number of esters is 1. The van der Waals surface area contributed by atoms with Crippen LogP contribution in [0.4, 0.5) is 5.69 Å². The van der Waals surface area contributed by atoms with E-state index in [4.69, 9.17) is 16.3 Å². The van der Waals surface area contributed by atoms with E-state index in [0.717, 1.165) is 11.1 Å². The van der Waals surface area contributed by atoms with Crippen LogP contribution in [0.25, 0.3) is 0 Å². The van der Waals surface area contributed by atoms with Crippen LogP contribution in [-0.2, 0) is 9.53 Å². The Kier molecular flexibility index (Phi) is 5.41. The number of aromatic nitrogens is 1. The summed E-state index contributed by atoms with van der Waals surface area (Å²) < 4.78 is 4.92. The third-order valence-corrected chi connectivity index (χ3v) is 3.64. The SMILES string of the molecule is CC(=O)c1c[nH]c(C(=O)OCC(=O)Nc2c(C)cc(C)cc2Cl)c1. The third-order valence-electron chi connectivity index (χ3n) is 3.34. The van der Waals surface area contributed by atoms with Crippen molar-refractivity contribution >= 4 is 34.9 Å². The first-order valence-corrected chi connectivity index (χ1v) is 7.59. The number of hydrogen-bond donors (Lipinski definition) is 2. The molecule has 0 aliphatic rings. The largest absolute Gasteiger partial charge is 0.451 e. The van der Waals surface area contributed by atoms with Gasteiger partial charge in [-0.3, -0.25) is 9.59 Å². The normalized spacial score (nSPS) is 10.3. The third kappa shape index (κ3) is 4.23. The molecule has 2 N–H and O–H groups in total. The highest BCUT2D eigenvalue weighted by atomic mass is 35.5. The van der Waals surface area contributed by atoms with E-state index < -0.39 is 18.5 Å². The van der Waals surface area contributed by atoms with Gasteiger partial charge < -0.3 is 15.0 Å². The molecule has 2 aromatic rings. The van der Waals surface area contributed by atoms with Gasteiger partial charge in [0.2, 0.25) is 0 Å². The Morgan fingerprint density at radius 2 is 1.92 bits per heavy atom. The number of ketones is 1. The van der Waals surface area contributed by atoms with Crippen LogP contribution in [0.15, 0.2) is 24.4 Å². The van der Waals surface area contributed by atoms with Gasteiger partial charge in [0.05, 0.1) is 10.7 Å². The Morgan fingerprint density at radius 1 is 1.21 bits per heavy atom. The molecule has 6 nitrogen and oxygen atoms in total. The molecule has 0 aliphatic heterocycles. The summed E-state index contributed by atoms with van der Waals surface area (Å²) in [4.78, 5) is 37.6. The second kappa shape index (κ2) is 7.31. The zero-order valence-electron chi connectivity index (χ0n) is 13.5. The number of hydrogen-bond acceptors (Lipinski definition) is 4. The Balaban J connectivity index is 1.95. The van der Waals surface area contributed by atoms with Gasteiger partial charge in [-0.25, -0.2) is 4.79 Å². The molecule has 2 rings (SSSR count). The first-order valence-electron chi connectivity index (χ1n) is 7.21. The molecule has 126 valence electrons. The van der Waals surface area contributed by atoms with Crippen molar-refractivity contribution in [2.45, 2.75) is 20.8 Å². The molecule has 0 radical (unpaired) electrons. The Hall–Kier alpha value is -2.60. The summed E-state index contributed by atoms with van der Waals surface area (Å²) in [5.41, 5.74) is 2.76. The molecule has 0 fully saturated rings. The topological polar surface area (TPSA) is 88.3 Å². The molecule has 0 bridgehead atoms. The number of nitrogens with one attached hydrogen (secondary N) is 2. The lowest BCUT2D eigenvalue weighted by atomic mass is 10.1. The number of anilines is 1. The molecule has 0 aliphatic carbocycles. The number of carbonyl (C=O) groups excluding carboxylic acids is 3. The number of rotatable bonds is 5. The lowest BCUT2D eigenvalue weighted by molar-refractivity contribution is -0.119. The van der Waals surface area contributed by atoms with Gasteiger partial charge >= 0.3 is 5.97 Å². The number of carbonyl (C=O) groups is 3. The van der Waals surface area contributed by atoms with Crippen LogP contribution in [0.1, 0.15) is 38.9 Å². The quantitative estimate of drug-likeness (QED) is 0.641. The van der Waals surface area contributed by atoms with Gasteiger partial charge in [-0.05, 0) is 44.0 Å². The molecule has 1 aromatic heterocycles. The highest BCUT2D eigenvalue weighted by Crippen LogP contribution is 2.27. The average Bonchev–Trinajstić information content (AvgIpc) is 2.98. The highest BCUT2D eigenvalue weighted by molar-refractivity contribution is 6.34. The summed E-state index contributed by atoms with van der Waals surface area (Å²) in [5.74, 6) is -1.40. The molecule has 1 amide bonds. The monoisotopic (exact) mass is 348 g/mol. The molecule has 7 heteroatoms. The minimum absolute atomic E-state index is 0.109. The van der Waals surface area contributed by atoms with E-state index in [-0.39, 0.29) is 11.5 Å². The van der Waals surface area contributed by atoms with Crippen molar-refractivity contribution in [2.24, 2.45) is 0 Å². The molecule has 0 unspecified atom stereocenters. The molecule has 0 saturated heterocycles. The minimum Gasteiger partial charge on any atom is -0.451 e. The molecule has 0 atom stereocenters. The highest BCUT2D eigenvalue weighted by Gasteiger charge is 2.15. The van der Waals surface area contributed by atoms with Gasteiger partial charge in [0, 0.05) is 11.8 Å². The molecule has 1 heterocycles. The molecular formula is C17H17ClN2O4. The number of Topliss-reactive ketones (excluding diaryl/α,β-unsaturated/α-hetero) is 1. The van der Waals surface area contributed by atoms with E-state index in [1.165, 1.54) is 19.2 Å². The van der Waals surface area contributed by atoms with Gasteiger partial charge in [0.25, 0.3) is 5.91 Å². The predicted molar refractivity (Wildman–Crippen MR) is 90.6 cm³/mol. The summed E-state index contributed by atoms with van der Waals surface area (Å²) >= 11 is 6.11. The van der Waals surface area contributed by atoms with Gasteiger partial charge in [-0.2, -0.15) is 0 Å². The first-order chi connectivity index (χ1) is 11.3. The summed E-state index contributed by atoms with van der Waals surface area (Å²) in [5, 5.41) is 3.04. The van der Waals surface area contributed by atoms with E-state index in [9.17, 15) is 14.4 Å². The number of H-pyrrole nitrogens is 1. The van der Waals surface area contributed by atoms with Crippen molar-refractivity contribution in [3.05, 3.63) is 51.8 Å². The number of benzene rings is 1. The van der Waals surface area contributed by atoms with Gasteiger partial charge in [0.15, 0.2) is 12.4 Å². The van der Waals surface area contributed by atoms with Crippen LogP contribution in [-0.4, -0.2) is 29.3 Å². The van der Waals surface area contributed by atoms with Crippen LogP contribution in [0.3, 0.4) is 0 Å². The number of aromatic amines is 1. The number of ether oxygens (including phenoxy) is 1. The fourth-order valence-electron chi connectivity index (χ4n) is 2.17. The molecule has 1 aromatic carbocycles. The summed E-state index contributed by atoms with van der Waals surface area (Å²) in [7, 11) is 0. The molecule has 24 heavy (non-hydrogen) atoms. The standard InChI is InChI=1S/C17H17ClN2O4/c1-9-4-10(2)16(13(18)5-9)20-15(22)8-24-17(23)14-6-12(7-19-14)11(3)21/h4-7,19H,8H2,1-3H3,(H,20,22). The summed E-state index contributed by atoms with van der Waals surface area (Å²) in [6.45, 7) is 4.65. The second-order valence-electron chi connectivity index (χ2n) is 5.42. The first kappa shape index (κ1) is 17.7. The average molecular weight is 349 g/mol. The van der Waals surface area contributed by atoms with Crippen molar-refractivity contribution in [1.82, 2.24) is 4.98 Å². The van der Waals surface area contributed by atoms with Crippen LogP contribution in [0.2, 0.25) is 5.02 Å². The number of amides is 1. The van der Waals surface area contributed by atoms with Crippen LogP contribution in [0, 0.1) is 13.8 Å². The van der Waals surface area contributed by atoms with E-state index in [0.29, 0.717) is 16.3 Å². The zero-order valence-corrected chi connectivity index (χ0v) is 14.3. The van der Waals surface area contributed by atoms with Crippen LogP contribution < -0.4 is 5.32 Å². The van der Waals surface area contributed by atoms with E-state index in [1.54, 1.807) is 6.07 Å². The second-order valence-corrected chi connectivity index (χ2v) is 5.83. The van der Waals surface area contributed by atoms with Crippen molar-refractivity contribution in [3.8, 4) is 0 Å². The van der Waals surface area contributed by atoms with Crippen LogP contribution >= 0.6 is 11.6 Å². The minimum atomic E-state index is -0.718. The summed E-state index contributed by atoms with van der Waals surface area (Å²) in [6.07, 6.45) is 1.41. The smallest absolute Gasteiger partial charge is 0.355 e.